The van der Waals surface area contributed by atoms with Crippen molar-refractivity contribution in [2.75, 3.05) is 19.7 Å². The summed E-state index contributed by atoms with van der Waals surface area (Å²) in [4.78, 5) is 0. The molecule has 0 radical (unpaired) electrons. The van der Waals surface area contributed by atoms with Crippen molar-refractivity contribution in [2.45, 2.75) is 25.3 Å². The summed E-state index contributed by atoms with van der Waals surface area (Å²) in [6.07, 6.45) is 4.28. The lowest BCUT2D eigenvalue weighted by Crippen LogP contribution is -2.29. The molecule has 1 aromatic rings. The van der Waals surface area contributed by atoms with Crippen LogP contribution < -0.4 is 5.32 Å². The lowest BCUT2D eigenvalue weighted by atomic mass is 9.96. The van der Waals surface area contributed by atoms with Crippen molar-refractivity contribution in [3.05, 3.63) is 18.0 Å². The van der Waals surface area contributed by atoms with Crippen LogP contribution in [0.25, 0.3) is 0 Å². The highest BCUT2D eigenvalue weighted by atomic mass is 16.3. The zero-order valence-electron chi connectivity index (χ0n) is 8.32. The molecule has 1 aliphatic heterocycles. The average molecular weight is 195 g/mol. The highest BCUT2D eigenvalue weighted by molar-refractivity contribution is 5.09. The van der Waals surface area contributed by atoms with Gasteiger partial charge in [0.15, 0.2) is 0 Å². The Morgan fingerprint density at radius 3 is 3.29 bits per heavy atom. The van der Waals surface area contributed by atoms with Crippen LogP contribution in [-0.2, 0) is 6.54 Å². The maximum Gasteiger partial charge on any atom is 0.0644 e. The van der Waals surface area contributed by atoms with E-state index in [4.69, 9.17) is 5.11 Å². The second kappa shape index (κ2) is 4.57. The first kappa shape index (κ1) is 9.68. The van der Waals surface area contributed by atoms with Gasteiger partial charge >= 0.3 is 0 Å². The van der Waals surface area contributed by atoms with Gasteiger partial charge in [-0.1, -0.05) is 0 Å². The van der Waals surface area contributed by atoms with E-state index in [1.807, 2.05) is 10.9 Å². The number of aliphatic hydroxyl groups is 1. The molecule has 1 aliphatic rings. The molecule has 4 nitrogen and oxygen atoms in total. The first-order valence-corrected chi connectivity index (χ1v) is 5.25. The fourth-order valence-electron chi connectivity index (χ4n) is 2.08. The first-order valence-electron chi connectivity index (χ1n) is 5.25. The van der Waals surface area contributed by atoms with Crippen molar-refractivity contribution in [2.24, 2.45) is 0 Å². The van der Waals surface area contributed by atoms with Crippen LogP contribution in [0.5, 0.6) is 0 Å². The minimum Gasteiger partial charge on any atom is -0.394 e. The molecule has 1 atom stereocenters. The van der Waals surface area contributed by atoms with Crippen LogP contribution in [0.4, 0.5) is 0 Å². The Balaban J connectivity index is 2.09. The van der Waals surface area contributed by atoms with E-state index in [0.717, 1.165) is 13.1 Å². The Morgan fingerprint density at radius 2 is 2.57 bits per heavy atom. The molecular formula is C10H17N3O. The van der Waals surface area contributed by atoms with Gasteiger partial charge in [0.25, 0.3) is 0 Å². The number of aromatic nitrogens is 2. The van der Waals surface area contributed by atoms with E-state index in [9.17, 15) is 0 Å². The number of aliphatic hydroxyl groups excluding tert-OH is 1. The summed E-state index contributed by atoms with van der Waals surface area (Å²) < 4.78 is 1.91. The molecule has 4 heteroatoms. The van der Waals surface area contributed by atoms with Crippen LogP contribution in [0.15, 0.2) is 12.3 Å². The maximum atomic E-state index is 8.88. The third-order valence-electron chi connectivity index (χ3n) is 2.78. The number of nitrogens with zero attached hydrogens (tertiary/aromatic N) is 2. The molecule has 2 N–H and O–H groups in total. The molecule has 14 heavy (non-hydrogen) atoms. The van der Waals surface area contributed by atoms with Crippen LogP contribution in [0.1, 0.15) is 24.5 Å². The van der Waals surface area contributed by atoms with Crippen LogP contribution in [0.2, 0.25) is 0 Å². The Bertz CT molecular complexity index is 279. The first-order chi connectivity index (χ1) is 6.92. The zero-order valence-corrected chi connectivity index (χ0v) is 8.32. The van der Waals surface area contributed by atoms with Gasteiger partial charge in [-0.3, -0.25) is 4.68 Å². The molecule has 0 saturated carbocycles. The smallest absolute Gasteiger partial charge is 0.0644 e. The Hall–Kier alpha value is -0.870. The largest absolute Gasteiger partial charge is 0.394 e. The van der Waals surface area contributed by atoms with Gasteiger partial charge in [-0.05, 0) is 25.5 Å². The quantitative estimate of drug-likeness (QED) is 0.731. The van der Waals surface area contributed by atoms with E-state index in [1.165, 1.54) is 18.5 Å². The summed E-state index contributed by atoms with van der Waals surface area (Å²) in [5.74, 6) is 0.567. The SMILES string of the molecule is OCCn1nccc1[C@H]1CCCNC1. The van der Waals surface area contributed by atoms with Gasteiger partial charge in [-0.2, -0.15) is 5.10 Å². The van der Waals surface area contributed by atoms with Crippen LogP contribution in [0, 0.1) is 0 Å². The summed E-state index contributed by atoms with van der Waals surface area (Å²) in [5.41, 5.74) is 1.26. The third-order valence-corrected chi connectivity index (χ3v) is 2.78. The topological polar surface area (TPSA) is 50.1 Å². The van der Waals surface area contributed by atoms with Crippen molar-refractivity contribution in [1.82, 2.24) is 15.1 Å². The average Bonchev–Trinajstić information content (AvgIpc) is 2.68. The zero-order chi connectivity index (χ0) is 9.80. The van der Waals surface area contributed by atoms with E-state index in [0.29, 0.717) is 12.5 Å². The Kier molecular flexibility index (Phi) is 3.16. The number of piperidine rings is 1. The van der Waals surface area contributed by atoms with Crippen molar-refractivity contribution >= 4 is 0 Å². The molecule has 1 aromatic heterocycles. The van der Waals surface area contributed by atoms with Crippen molar-refractivity contribution < 1.29 is 5.11 Å². The fraction of sp³-hybridized carbons (Fsp3) is 0.700. The molecule has 0 aromatic carbocycles. The maximum absolute atomic E-state index is 8.88. The van der Waals surface area contributed by atoms with Gasteiger partial charge in [0, 0.05) is 24.4 Å². The number of nitrogens with one attached hydrogen (secondary N) is 1. The van der Waals surface area contributed by atoms with Gasteiger partial charge in [0.1, 0.15) is 0 Å². The lowest BCUT2D eigenvalue weighted by molar-refractivity contribution is 0.264. The molecule has 0 unspecified atom stereocenters. The third kappa shape index (κ3) is 1.96. The van der Waals surface area contributed by atoms with Crippen LogP contribution in [-0.4, -0.2) is 34.6 Å². The van der Waals surface area contributed by atoms with Crippen molar-refractivity contribution in [3.8, 4) is 0 Å². The van der Waals surface area contributed by atoms with Crippen LogP contribution >= 0.6 is 0 Å². The summed E-state index contributed by atoms with van der Waals surface area (Å²) >= 11 is 0. The van der Waals surface area contributed by atoms with Crippen molar-refractivity contribution in [3.63, 3.8) is 0 Å². The predicted molar refractivity (Wildman–Crippen MR) is 54.2 cm³/mol. The van der Waals surface area contributed by atoms with Gasteiger partial charge in [-0.15, -0.1) is 0 Å². The van der Waals surface area contributed by atoms with Gasteiger partial charge in [0.05, 0.1) is 13.2 Å². The van der Waals surface area contributed by atoms with E-state index in [2.05, 4.69) is 16.5 Å². The molecule has 0 bridgehead atoms. The van der Waals surface area contributed by atoms with Gasteiger partial charge in [0.2, 0.25) is 0 Å². The monoisotopic (exact) mass is 195 g/mol. The summed E-state index contributed by atoms with van der Waals surface area (Å²) in [6.45, 7) is 2.94. The predicted octanol–water partition coefficient (Wildman–Crippen LogP) is 0.342. The summed E-state index contributed by atoms with van der Waals surface area (Å²) in [5, 5.41) is 16.5. The molecule has 0 spiro atoms. The van der Waals surface area contributed by atoms with E-state index < -0.39 is 0 Å². The Morgan fingerprint density at radius 1 is 1.64 bits per heavy atom. The van der Waals surface area contributed by atoms with Gasteiger partial charge < -0.3 is 10.4 Å². The number of hydrogen-bond donors (Lipinski definition) is 2. The number of hydrogen-bond acceptors (Lipinski definition) is 3. The second-order valence-electron chi connectivity index (χ2n) is 3.75. The second-order valence-corrected chi connectivity index (χ2v) is 3.75. The highest BCUT2D eigenvalue weighted by Crippen LogP contribution is 2.22. The van der Waals surface area contributed by atoms with E-state index >= 15 is 0 Å². The highest BCUT2D eigenvalue weighted by Gasteiger charge is 2.18. The number of rotatable bonds is 3. The summed E-state index contributed by atoms with van der Waals surface area (Å²) in [6, 6.07) is 2.06. The minimum atomic E-state index is 0.162. The molecule has 0 aliphatic carbocycles. The molecule has 2 rings (SSSR count). The van der Waals surface area contributed by atoms with E-state index in [1.54, 1.807) is 0 Å². The molecule has 2 heterocycles. The lowest BCUT2D eigenvalue weighted by Gasteiger charge is -2.23. The molecule has 78 valence electrons. The van der Waals surface area contributed by atoms with Crippen molar-refractivity contribution in [1.29, 1.82) is 0 Å². The van der Waals surface area contributed by atoms with Gasteiger partial charge in [-0.25, -0.2) is 0 Å². The minimum absolute atomic E-state index is 0.162. The Labute approximate surface area is 83.9 Å². The molecule has 1 saturated heterocycles. The molecule has 1 fully saturated rings. The fourth-order valence-corrected chi connectivity index (χ4v) is 2.08. The van der Waals surface area contributed by atoms with Crippen LogP contribution in [0.3, 0.4) is 0 Å². The standard InChI is InChI=1S/C10H17N3O/c14-7-6-13-10(3-5-12-13)9-2-1-4-11-8-9/h3,5,9,11,14H,1-2,4,6-8H2/t9-/m0/s1. The summed E-state index contributed by atoms with van der Waals surface area (Å²) in [7, 11) is 0. The normalized spacial score (nSPS) is 22.5. The molecule has 0 amide bonds. The molecular weight excluding hydrogens is 178 g/mol. The van der Waals surface area contributed by atoms with E-state index in [-0.39, 0.29) is 6.61 Å².